The van der Waals surface area contributed by atoms with Gasteiger partial charge in [-0.05, 0) is 32.0 Å². The van der Waals surface area contributed by atoms with Crippen LogP contribution in [0.1, 0.15) is 12.5 Å². The first kappa shape index (κ1) is 23.4. The van der Waals surface area contributed by atoms with Crippen LogP contribution in [0.2, 0.25) is 5.02 Å². The summed E-state index contributed by atoms with van der Waals surface area (Å²) in [5.74, 6) is 0.847. The normalized spacial score (nSPS) is 11.3. The molecule has 0 heterocycles. The van der Waals surface area contributed by atoms with Crippen molar-refractivity contribution in [2.24, 2.45) is 4.99 Å². The predicted molar refractivity (Wildman–Crippen MR) is 114 cm³/mol. The summed E-state index contributed by atoms with van der Waals surface area (Å²) in [5, 5.41) is 7.43. The molecule has 1 aromatic carbocycles. The quantitative estimate of drug-likeness (QED) is 0.315. The number of nitrogens with one attached hydrogen (secondary N) is 2. The summed E-state index contributed by atoms with van der Waals surface area (Å²) < 4.78 is 5.07. The molecule has 7 heteroatoms. The van der Waals surface area contributed by atoms with Gasteiger partial charge in [-0.2, -0.15) is 0 Å². The van der Waals surface area contributed by atoms with Gasteiger partial charge >= 0.3 is 0 Å². The topological polar surface area (TPSA) is 48.9 Å². The van der Waals surface area contributed by atoms with Crippen molar-refractivity contribution >= 4 is 41.5 Å². The van der Waals surface area contributed by atoms with E-state index in [-0.39, 0.29) is 24.0 Å². The summed E-state index contributed by atoms with van der Waals surface area (Å²) in [6.07, 6.45) is 0.873. The number of guanidine groups is 1. The highest BCUT2D eigenvalue weighted by atomic mass is 127. The number of rotatable bonds is 10. The van der Waals surface area contributed by atoms with Crippen molar-refractivity contribution in [3.8, 4) is 0 Å². The largest absolute Gasteiger partial charge is 0.383 e. The molecular weight excluding hydrogens is 439 g/mol. The third-order valence-electron chi connectivity index (χ3n) is 3.42. The highest BCUT2D eigenvalue weighted by Gasteiger charge is 2.01. The zero-order chi connectivity index (χ0) is 16.9. The van der Waals surface area contributed by atoms with Crippen molar-refractivity contribution in [3.05, 3.63) is 34.9 Å². The van der Waals surface area contributed by atoms with Gasteiger partial charge in [-0.1, -0.05) is 29.8 Å². The van der Waals surface area contributed by atoms with Gasteiger partial charge in [0.15, 0.2) is 5.96 Å². The van der Waals surface area contributed by atoms with Crippen molar-refractivity contribution in [2.45, 2.75) is 13.3 Å². The van der Waals surface area contributed by atoms with E-state index < -0.39 is 0 Å². The molecule has 0 bridgehead atoms. The number of halogens is 2. The average molecular weight is 469 g/mol. The molecule has 0 saturated carbocycles. The Morgan fingerprint density at radius 2 is 2.00 bits per heavy atom. The van der Waals surface area contributed by atoms with Gasteiger partial charge in [-0.25, -0.2) is 0 Å². The molecule has 0 aliphatic heterocycles. The monoisotopic (exact) mass is 468 g/mol. The lowest BCUT2D eigenvalue weighted by Crippen LogP contribution is -2.39. The minimum absolute atomic E-state index is 0. The number of aliphatic imine (C=N–C) groups is 1. The number of nitrogens with zero attached hydrogens (tertiary/aromatic N) is 2. The van der Waals surface area contributed by atoms with E-state index in [1.54, 1.807) is 7.11 Å². The van der Waals surface area contributed by atoms with Crippen molar-refractivity contribution in [3.63, 3.8) is 0 Å². The van der Waals surface area contributed by atoms with E-state index in [4.69, 9.17) is 16.3 Å². The summed E-state index contributed by atoms with van der Waals surface area (Å²) in [5.41, 5.74) is 1.15. The van der Waals surface area contributed by atoms with Gasteiger partial charge < -0.3 is 20.3 Å². The molecule has 1 rings (SSSR count). The highest BCUT2D eigenvalue weighted by molar-refractivity contribution is 14.0. The summed E-state index contributed by atoms with van der Waals surface area (Å²) in [4.78, 5) is 6.80. The molecule has 0 aromatic heterocycles. The molecule has 1 aromatic rings. The number of hydrogen-bond donors (Lipinski definition) is 2. The van der Waals surface area contributed by atoms with E-state index >= 15 is 0 Å². The molecule has 0 spiro atoms. The van der Waals surface area contributed by atoms with Crippen molar-refractivity contribution in [1.82, 2.24) is 15.5 Å². The smallest absolute Gasteiger partial charge is 0.191 e. The molecule has 0 aliphatic rings. The third kappa shape index (κ3) is 10.3. The maximum absolute atomic E-state index is 6.17. The van der Waals surface area contributed by atoms with E-state index in [0.717, 1.165) is 62.3 Å². The summed E-state index contributed by atoms with van der Waals surface area (Å²) in [6, 6.07) is 7.94. The second-order valence-electron chi connectivity index (χ2n) is 5.32. The standard InChI is InChI=1S/C17H29ClN4O.HI/c1-4-19-17(21-11-12-22(2)13-14-23-3)20-10-9-15-7-5-6-8-16(15)18;/h5-8H,4,9-14H2,1-3H3,(H2,19,20,21);1H. The third-order valence-corrected chi connectivity index (χ3v) is 3.79. The van der Waals surface area contributed by atoms with Crippen LogP contribution in [0.25, 0.3) is 0 Å². The minimum Gasteiger partial charge on any atom is -0.383 e. The van der Waals surface area contributed by atoms with E-state index in [9.17, 15) is 0 Å². The Labute approximate surface area is 168 Å². The number of benzene rings is 1. The lowest BCUT2D eigenvalue weighted by molar-refractivity contribution is 0.163. The van der Waals surface area contributed by atoms with Crippen molar-refractivity contribution < 1.29 is 4.74 Å². The van der Waals surface area contributed by atoms with E-state index in [0.29, 0.717) is 0 Å². The molecule has 0 fully saturated rings. The second-order valence-corrected chi connectivity index (χ2v) is 5.73. The Morgan fingerprint density at radius 1 is 1.25 bits per heavy atom. The lowest BCUT2D eigenvalue weighted by Gasteiger charge is -2.16. The van der Waals surface area contributed by atoms with Crippen LogP contribution in [0, 0.1) is 0 Å². The van der Waals surface area contributed by atoms with Gasteiger partial charge in [-0.15, -0.1) is 24.0 Å². The Bertz CT molecular complexity index is 474. The predicted octanol–water partition coefficient (Wildman–Crippen LogP) is 2.63. The summed E-state index contributed by atoms with van der Waals surface area (Å²) >= 11 is 6.17. The van der Waals surface area contributed by atoms with Crippen LogP contribution < -0.4 is 10.6 Å². The molecule has 0 radical (unpaired) electrons. The second kappa shape index (κ2) is 14.7. The Hall–Kier alpha value is -0.570. The molecular formula is C17H30ClIN4O. The Morgan fingerprint density at radius 3 is 2.67 bits per heavy atom. The van der Waals surface area contributed by atoms with Gasteiger partial charge in [0.25, 0.3) is 0 Å². The van der Waals surface area contributed by atoms with Gasteiger partial charge in [0.05, 0.1) is 13.2 Å². The molecule has 138 valence electrons. The maximum atomic E-state index is 6.17. The van der Waals surface area contributed by atoms with Crippen LogP contribution in [0.4, 0.5) is 0 Å². The van der Waals surface area contributed by atoms with Crippen molar-refractivity contribution in [1.29, 1.82) is 0 Å². The van der Waals surface area contributed by atoms with E-state index in [1.165, 1.54) is 0 Å². The maximum Gasteiger partial charge on any atom is 0.191 e. The molecule has 0 unspecified atom stereocenters. The van der Waals surface area contributed by atoms with Crippen LogP contribution in [0.3, 0.4) is 0 Å². The number of ether oxygens (including phenoxy) is 1. The Balaban J connectivity index is 0.00000529. The molecule has 0 saturated heterocycles. The summed E-state index contributed by atoms with van der Waals surface area (Å²) in [6.45, 7) is 7.04. The van der Waals surface area contributed by atoms with Crippen molar-refractivity contribution in [2.75, 3.05) is 53.5 Å². The van der Waals surface area contributed by atoms with Crippen LogP contribution in [0.5, 0.6) is 0 Å². The fourth-order valence-electron chi connectivity index (χ4n) is 2.05. The van der Waals surface area contributed by atoms with Gasteiger partial charge in [0.2, 0.25) is 0 Å². The first-order valence-electron chi connectivity index (χ1n) is 8.10. The molecule has 0 aliphatic carbocycles. The minimum atomic E-state index is 0. The average Bonchev–Trinajstić information content (AvgIpc) is 2.54. The first-order valence-corrected chi connectivity index (χ1v) is 8.48. The number of hydrogen-bond acceptors (Lipinski definition) is 3. The number of likely N-dealkylation sites (N-methyl/N-ethyl adjacent to an activating group) is 1. The molecule has 0 atom stereocenters. The molecule has 5 nitrogen and oxygen atoms in total. The van der Waals surface area contributed by atoms with Gasteiger partial charge in [0, 0.05) is 38.3 Å². The van der Waals surface area contributed by atoms with E-state index in [2.05, 4.69) is 40.6 Å². The molecule has 2 N–H and O–H groups in total. The summed E-state index contributed by atoms with van der Waals surface area (Å²) in [7, 11) is 3.80. The first-order chi connectivity index (χ1) is 11.2. The molecule has 0 amide bonds. The highest BCUT2D eigenvalue weighted by Crippen LogP contribution is 2.14. The van der Waals surface area contributed by atoms with E-state index in [1.807, 2.05) is 18.2 Å². The van der Waals surface area contributed by atoms with Crippen LogP contribution >= 0.6 is 35.6 Å². The zero-order valence-electron chi connectivity index (χ0n) is 14.8. The van der Waals surface area contributed by atoms with Crippen LogP contribution in [-0.2, 0) is 11.2 Å². The zero-order valence-corrected chi connectivity index (χ0v) is 17.9. The van der Waals surface area contributed by atoms with Gasteiger partial charge in [-0.3, -0.25) is 4.99 Å². The fourth-order valence-corrected chi connectivity index (χ4v) is 2.28. The molecule has 24 heavy (non-hydrogen) atoms. The fraction of sp³-hybridized carbons (Fsp3) is 0.588. The SMILES string of the molecule is CCNC(=NCCN(C)CCOC)NCCc1ccccc1Cl.I. The lowest BCUT2D eigenvalue weighted by atomic mass is 10.1. The van der Waals surface area contributed by atoms with Gasteiger partial charge in [0.1, 0.15) is 0 Å². The number of methoxy groups -OCH3 is 1. The van der Waals surface area contributed by atoms with Crippen LogP contribution in [-0.4, -0.2) is 64.3 Å². The van der Waals surface area contributed by atoms with Crippen LogP contribution in [0.15, 0.2) is 29.3 Å². The Kier molecular flexibility index (Phi) is 14.4.